The number of rotatable bonds is 5. The number of H-pyrrole nitrogens is 1. The molecule has 0 bridgehead atoms. The van der Waals surface area contributed by atoms with E-state index in [9.17, 15) is 0 Å². The predicted octanol–water partition coefficient (Wildman–Crippen LogP) is 4.38. The quantitative estimate of drug-likeness (QED) is 0.683. The standard InChI is InChI=1S/C20H21ClN4O2/c1-12-9-18(27-11-17-19-16(24-25-17)6-4-7-22-19)14(10-15(12)21)13-5-3-8-23-20(13)26-2/h3,5,8-10,22H,4,6-7,11H2,1-2H3,(H,24,25). The number of anilines is 1. The van der Waals surface area contributed by atoms with Gasteiger partial charge in [0.25, 0.3) is 0 Å². The molecule has 0 fully saturated rings. The van der Waals surface area contributed by atoms with Crippen LogP contribution in [-0.2, 0) is 13.0 Å². The van der Waals surface area contributed by atoms with Crippen LogP contribution in [0.15, 0.2) is 30.5 Å². The minimum absolute atomic E-state index is 0.357. The molecule has 0 atom stereocenters. The normalized spacial score (nSPS) is 13.0. The fourth-order valence-electron chi connectivity index (χ4n) is 3.28. The molecule has 1 aromatic carbocycles. The number of aromatic amines is 1. The average Bonchev–Trinajstić information content (AvgIpc) is 3.11. The predicted molar refractivity (Wildman–Crippen MR) is 106 cm³/mol. The first-order valence-electron chi connectivity index (χ1n) is 8.89. The Morgan fingerprint density at radius 2 is 2.15 bits per heavy atom. The molecule has 4 rings (SSSR count). The molecule has 3 aromatic rings. The lowest BCUT2D eigenvalue weighted by Gasteiger charge is -2.17. The van der Waals surface area contributed by atoms with Crippen molar-refractivity contribution in [1.29, 1.82) is 0 Å². The monoisotopic (exact) mass is 384 g/mol. The summed E-state index contributed by atoms with van der Waals surface area (Å²) in [5, 5.41) is 11.6. The highest BCUT2D eigenvalue weighted by Crippen LogP contribution is 2.39. The molecule has 0 spiro atoms. The average molecular weight is 385 g/mol. The molecule has 27 heavy (non-hydrogen) atoms. The van der Waals surface area contributed by atoms with Gasteiger partial charge in [0.15, 0.2) is 0 Å². The first kappa shape index (κ1) is 17.7. The molecule has 1 aliphatic rings. The summed E-state index contributed by atoms with van der Waals surface area (Å²) in [4.78, 5) is 4.29. The molecule has 140 valence electrons. The van der Waals surface area contributed by atoms with Crippen LogP contribution in [0.25, 0.3) is 11.1 Å². The molecule has 2 N–H and O–H groups in total. The Morgan fingerprint density at radius 3 is 3.00 bits per heavy atom. The van der Waals surface area contributed by atoms with Crippen LogP contribution >= 0.6 is 11.6 Å². The van der Waals surface area contributed by atoms with Crippen LogP contribution in [0.4, 0.5) is 5.69 Å². The second kappa shape index (κ2) is 7.48. The zero-order valence-electron chi connectivity index (χ0n) is 15.3. The maximum atomic E-state index is 6.38. The van der Waals surface area contributed by atoms with Crippen molar-refractivity contribution in [2.75, 3.05) is 19.0 Å². The van der Waals surface area contributed by atoms with Gasteiger partial charge in [0.1, 0.15) is 18.1 Å². The van der Waals surface area contributed by atoms with Crippen LogP contribution in [-0.4, -0.2) is 28.8 Å². The van der Waals surface area contributed by atoms with Crippen LogP contribution in [0, 0.1) is 6.92 Å². The Bertz CT molecular complexity index is 971. The number of ether oxygens (including phenoxy) is 2. The van der Waals surface area contributed by atoms with Gasteiger partial charge in [0, 0.05) is 28.9 Å². The molecule has 7 heteroatoms. The van der Waals surface area contributed by atoms with Gasteiger partial charge in [-0.1, -0.05) is 11.6 Å². The number of fused-ring (bicyclic) bond motifs is 1. The van der Waals surface area contributed by atoms with E-state index in [1.807, 2.05) is 31.2 Å². The third kappa shape index (κ3) is 3.45. The molecule has 0 saturated carbocycles. The van der Waals surface area contributed by atoms with E-state index in [1.165, 1.54) is 0 Å². The molecule has 0 radical (unpaired) electrons. The summed E-state index contributed by atoms with van der Waals surface area (Å²) in [5.41, 5.74) is 5.70. The number of pyridine rings is 1. The number of benzene rings is 1. The number of aromatic nitrogens is 3. The minimum atomic E-state index is 0.357. The summed E-state index contributed by atoms with van der Waals surface area (Å²) in [6, 6.07) is 7.64. The van der Waals surface area contributed by atoms with Gasteiger partial charge in [-0.05, 0) is 49.6 Å². The van der Waals surface area contributed by atoms with Crippen molar-refractivity contribution in [2.45, 2.75) is 26.4 Å². The minimum Gasteiger partial charge on any atom is -0.486 e. The molecule has 0 amide bonds. The highest BCUT2D eigenvalue weighted by molar-refractivity contribution is 6.31. The van der Waals surface area contributed by atoms with Gasteiger partial charge in [-0.15, -0.1) is 0 Å². The first-order valence-corrected chi connectivity index (χ1v) is 9.27. The second-order valence-corrected chi connectivity index (χ2v) is 6.91. The van der Waals surface area contributed by atoms with E-state index < -0.39 is 0 Å². The van der Waals surface area contributed by atoms with E-state index in [4.69, 9.17) is 21.1 Å². The van der Waals surface area contributed by atoms with Crippen LogP contribution in [0.2, 0.25) is 5.02 Å². The van der Waals surface area contributed by atoms with Gasteiger partial charge in [0.2, 0.25) is 5.88 Å². The van der Waals surface area contributed by atoms with Gasteiger partial charge >= 0.3 is 0 Å². The molecule has 6 nitrogen and oxygen atoms in total. The van der Waals surface area contributed by atoms with E-state index in [2.05, 4.69) is 20.5 Å². The molecular formula is C20H21ClN4O2. The Balaban J connectivity index is 1.68. The van der Waals surface area contributed by atoms with Crippen molar-refractivity contribution < 1.29 is 9.47 Å². The van der Waals surface area contributed by atoms with E-state index in [1.54, 1.807) is 13.3 Å². The lowest BCUT2D eigenvalue weighted by atomic mass is 10.0. The Labute approximate surface area is 162 Å². The lowest BCUT2D eigenvalue weighted by molar-refractivity contribution is 0.302. The summed E-state index contributed by atoms with van der Waals surface area (Å²) < 4.78 is 11.6. The molecule has 0 aliphatic carbocycles. The maximum Gasteiger partial charge on any atom is 0.221 e. The highest BCUT2D eigenvalue weighted by atomic mass is 35.5. The van der Waals surface area contributed by atoms with Crippen LogP contribution in [0.3, 0.4) is 0 Å². The van der Waals surface area contributed by atoms with Gasteiger partial charge in [0.05, 0.1) is 18.5 Å². The SMILES string of the molecule is COc1ncccc1-c1cc(Cl)c(C)cc1OCc1n[nH]c2c1NCCC2. The molecule has 1 aliphatic heterocycles. The third-order valence-electron chi connectivity index (χ3n) is 4.70. The van der Waals surface area contributed by atoms with Crippen molar-refractivity contribution in [2.24, 2.45) is 0 Å². The number of nitrogens with zero attached hydrogens (tertiary/aromatic N) is 2. The van der Waals surface area contributed by atoms with E-state index >= 15 is 0 Å². The third-order valence-corrected chi connectivity index (χ3v) is 5.11. The Morgan fingerprint density at radius 1 is 1.26 bits per heavy atom. The zero-order valence-corrected chi connectivity index (χ0v) is 16.1. The molecular weight excluding hydrogens is 364 g/mol. The van der Waals surface area contributed by atoms with Crippen molar-refractivity contribution in [1.82, 2.24) is 15.2 Å². The van der Waals surface area contributed by atoms with Gasteiger partial charge in [-0.2, -0.15) is 5.10 Å². The van der Waals surface area contributed by atoms with Gasteiger partial charge < -0.3 is 14.8 Å². The van der Waals surface area contributed by atoms with Crippen LogP contribution in [0.5, 0.6) is 11.6 Å². The number of methoxy groups -OCH3 is 1. The largest absolute Gasteiger partial charge is 0.486 e. The van der Waals surface area contributed by atoms with Gasteiger partial charge in [-0.3, -0.25) is 5.10 Å². The zero-order chi connectivity index (χ0) is 18.8. The van der Waals surface area contributed by atoms with Crippen molar-refractivity contribution in [3.8, 4) is 22.8 Å². The number of aryl methyl sites for hydroxylation is 2. The van der Waals surface area contributed by atoms with E-state index in [-0.39, 0.29) is 0 Å². The van der Waals surface area contributed by atoms with Crippen LogP contribution in [0.1, 0.15) is 23.4 Å². The Hall–Kier alpha value is -2.73. The van der Waals surface area contributed by atoms with E-state index in [0.717, 1.165) is 58.9 Å². The molecule has 2 aromatic heterocycles. The topological polar surface area (TPSA) is 72.1 Å². The van der Waals surface area contributed by atoms with E-state index in [0.29, 0.717) is 17.5 Å². The smallest absolute Gasteiger partial charge is 0.221 e. The first-order chi connectivity index (χ1) is 13.2. The second-order valence-electron chi connectivity index (χ2n) is 6.50. The molecule has 3 heterocycles. The summed E-state index contributed by atoms with van der Waals surface area (Å²) in [5.74, 6) is 1.25. The summed E-state index contributed by atoms with van der Waals surface area (Å²) >= 11 is 6.38. The maximum absolute atomic E-state index is 6.38. The van der Waals surface area contributed by atoms with Crippen molar-refractivity contribution >= 4 is 17.3 Å². The fraction of sp³-hybridized carbons (Fsp3) is 0.300. The fourth-order valence-corrected chi connectivity index (χ4v) is 3.45. The summed E-state index contributed by atoms with van der Waals surface area (Å²) in [7, 11) is 1.60. The van der Waals surface area contributed by atoms with Crippen molar-refractivity contribution in [3.63, 3.8) is 0 Å². The van der Waals surface area contributed by atoms with Crippen LogP contribution < -0.4 is 14.8 Å². The number of hydrogen-bond donors (Lipinski definition) is 2. The number of halogens is 1. The highest BCUT2D eigenvalue weighted by Gasteiger charge is 2.19. The van der Waals surface area contributed by atoms with Crippen molar-refractivity contribution in [3.05, 3.63) is 52.4 Å². The lowest BCUT2D eigenvalue weighted by Crippen LogP contribution is -2.12. The molecule has 0 unspecified atom stereocenters. The van der Waals surface area contributed by atoms with Gasteiger partial charge in [-0.25, -0.2) is 4.98 Å². The summed E-state index contributed by atoms with van der Waals surface area (Å²) in [6.07, 6.45) is 3.81. The molecule has 0 saturated heterocycles. The number of hydrogen-bond acceptors (Lipinski definition) is 5. The summed E-state index contributed by atoms with van der Waals surface area (Å²) in [6.45, 7) is 3.27. The Kier molecular flexibility index (Phi) is 4.90. The number of nitrogens with one attached hydrogen (secondary N) is 2.